The number of carbonyl (C=O) groups excluding carboxylic acids is 1. The second-order valence-corrected chi connectivity index (χ2v) is 9.79. The standard InChI is InChI=1S/C29H31N5O3/c1-19(2)34-20(3)32-26-16-31-25-11-10-21(15-24(25)27(26)34)7-4-12-30-28(35)23-9-5-13-33(29(23)36)17-22-8-6-14-37-18-22/h5,9-11,13,15-16,19,22H,6,8,12,14,17-18H2,1-3H3,(H,30,35). The number of nitrogens with one attached hydrogen (secondary N) is 1. The van der Waals surface area contributed by atoms with Gasteiger partial charge in [0.25, 0.3) is 11.5 Å². The van der Waals surface area contributed by atoms with Crippen LogP contribution in [0.4, 0.5) is 0 Å². The zero-order chi connectivity index (χ0) is 25.9. The number of benzene rings is 1. The summed E-state index contributed by atoms with van der Waals surface area (Å²) in [5.41, 5.74) is 3.45. The van der Waals surface area contributed by atoms with E-state index in [-0.39, 0.29) is 29.6 Å². The fraction of sp³-hybridized carbons (Fsp3) is 0.379. The van der Waals surface area contributed by atoms with Gasteiger partial charge in [0.05, 0.1) is 30.4 Å². The van der Waals surface area contributed by atoms with Crippen LogP contribution in [0.2, 0.25) is 0 Å². The summed E-state index contributed by atoms with van der Waals surface area (Å²) in [6.07, 6.45) is 5.56. The number of aryl methyl sites for hydroxylation is 1. The SMILES string of the molecule is Cc1nc2cnc3ccc(C#CCNC(=O)c4cccn(CC5CCCOC5)c4=O)cc3c2n1C(C)C. The Bertz CT molecular complexity index is 1580. The summed E-state index contributed by atoms with van der Waals surface area (Å²) < 4.78 is 9.34. The maximum Gasteiger partial charge on any atom is 0.263 e. The fourth-order valence-electron chi connectivity index (χ4n) is 5.05. The quantitative estimate of drug-likeness (QED) is 0.423. The Morgan fingerprint density at radius 3 is 2.92 bits per heavy atom. The highest BCUT2D eigenvalue weighted by Gasteiger charge is 2.18. The third-order valence-corrected chi connectivity index (χ3v) is 6.75. The van der Waals surface area contributed by atoms with Gasteiger partial charge in [-0.25, -0.2) is 4.98 Å². The van der Waals surface area contributed by atoms with Gasteiger partial charge in [0.1, 0.15) is 16.9 Å². The van der Waals surface area contributed by atoms with Crippen molar-refractivity contribution in [1.82, 2.24) is 24.4 Å². The van der Waals surface area contributed by atoms with Crippen LogP contribution in [0.3, 0.4) is 0 Å². The first kappa shape index (κ1) is 24.7. The predicted molar refractivity (Wildman–Crippen MR) is 144 cm³/mol. The van der Waals surface area contributed by atoms with Crippen molar-refractivity contribution in [2.24, 2.45) is 5.92 Å². The molecule has 8 nitrogen and oxygen atoms in total. The summed E-state index contributed by atoms with van der Waals surface area (Å²) in [5.74, 6) is 6.95. The molecule has 0 spiro atoms. The molecule has 1 aliphatic rings. The minimum atomic E-state index is -0.422. The largest absolute Gasteiger partial charge is 0.381 e. The fourth-order valence-corrected chi connectivity index (χ4v) is 5.05. The molecule has 4 heterocycles. The van der Waals surface area contributed by atoms with E-state index in [0.29, 0.717) is 13.2 Å². The molecule has 1 aliphatic heterocycles. The van der Waals surface area contributed by atoms with Crippen LogP contribution in [-0.2, 0) is 11.3 Å². The second-order valence-electron chi connectivity index (χ2n) is 9.79. The lowest BCUT2D eigenvalue weighted by Gasteiger charge is -2.22. The van der Waals surface area contributed by atoms with Crippen molar-refractivity contribution in [3.63, 3.8) is 0 Å². The van der Waals surface area contributed by atoms with E-state index in [1.807, 2.05) is 31.3 Å². The van der Waals surface area contributed by atoms with Crippen molar-refractivity contribution in [2.75, 3.05) is 19.8 Å². The Morgan fingerprint density at radius 1 is 1.27 bits per heavy atom. The van der Waals surface area contributed by atoms with E-state index in [1.54, 1.807) is 22.9 Å². The highest BCUT2D eigenvalue weighted by atomic mass is 16.5. The number of ether oxygens (including phenoxy) is 1. The van der Waals surface area contributed by atoms with E-state index < -0.39 is 5.91 Å². The van der Waals surface area contributed by atoms with Gasteiger partial charge >= 0.3 is 0 Å². The van der Waals surface area contributed by atoms with Gasteiger partial charge in [0.2, 0.25) is 0 Å². The number of carbonyl (C=O) groups is 1. The van der Waals surface area contributed by atoms with Crippen molar-refractivity contribution in [2.45, 2.75) is 46.2 Å². The van der Waals surface area contributed by atoms with E-state index >= 15 is 0 Å². The lowest BCUT2D eigenvalue weighted by Crippen LogP contribution is -2.35. The summed E-state index contributed by atoms with van der Waals surface area (Å²) in [4.78, 5) is 34.8. The van der Waals surface area contributed by atoms with Crippen LogP contribution < -0.4 is 10.9 Å². The maximum absolute atomic E-state index is 12.9. The lowest BCUT2D eigenvalue weighted by molar-refractivity contribution is 0.0479. The molecule has 0 aliphatic carbocycles. The van der Waals surface area contributed by atoms with Crippen LogP contribution in [-0.4, -0.2) is 44.8 Å². The Hall–Kier alpha value is -3.96. The molecule has 3 aromatic heterocycles. The zero-order valence-electron chi connectivity index (χ0n) is 21.5. The molecule has 37 heavy (non-hydrogen) atoms. The van der Waals surface area contributed by atoms with Gasteiger partial charge in [-0.05, 0) is 63.9 Å². The van der Waals surface area contributed by atoms with Crippen LogP contribution in [0.1, 0.15) is 54.5 Å². The van der Waals surface area contributed by atoms with E-state index in [9.17, 15) is 9.59 Å². The summed E-state index contributed by atoms with van der Waals surface area (Å²) in [5, 5.41) is 3.75. The first-order valence-electron chi connectivity index (χ1n) is 12.7. The monoisotopic (exact) mass is 497 g/mol. The number of imidazole rings is 1. The Kier molecular flexibility index (Phi) is 7.06. The molecule has 0 radical (unpaired) electrons. The average Bonchev–Trinajstić information content (AvgIpc) is 3.25. The van der Waals surface area contributed by atoms with Crippen LogP contribution in [0.5, 0.6) is 0 Å². The second kappa shape index (κ2) is 10.6. The third-order valence-electron chi connectivity index (χ3n) is 6.75. The Morgan fingerprint density at radius 2 is 2.14 bits per heavy atom. The van der Waals surface area contributed by atoms with Gasteiger partial charge in [0.15, 0.2) is 0 Å². The number of fused-ring (bicyclic) bond motifs is 3. The minimum absolute atomic E-state index is 0.123. The van der Waals surface area contributed by atoms with Crippen molar-refractivity contribution >= 4 is 27.8 Å². The van der Waals surface area contributed by atoms with Gasteiger partial charge < -0.3 is 19.2 Å². The number of rotatable bonds is 5. The molecule has 1 fully saturated rings. The maximum atomic E-state index is 12.9. The number of amides is 1. The molecule has 5 rings (SSSR count). The number of nitrogens with zero attached hydrogens (tertiary/aromatic N) is 4. The van der Waals surface area contributed by atoms with Crippen molar-refractivity contribution < 1.29 is 9.53 Å². The van der Waals surface area contributed by atoms with Crippen LogP contribution >= 0.6 is 0 Å². The van der Waals surface area contributed by atoms with Crippen LogP contribution in [0.15, 0.2) is 47.5 Å². The van der Waals surface area contributed by atoms with E-state index in [0.717, 1.165) is 52.8 Å². The van der Waals surface area contributed by atoms with Gasteiger partial charge in [-0.15, -0.1) is 0 Å². The first-order valence-corrected chi connectivity index (χ1v) is 12.7. The number of hydrogen-bond acceptors (Lipinski definition) is 5. The molecule has 1 N–H and O–H groups in total. The molecule has 1 atom stereocenters. The number of pyridine rings is 2. The normalized spacial score (nSPS) is 15.6. The minimum Gasteiger partial charge on any atom is -0.381 e. The van der Waals surface area contributed by atoms with E-state index in [2.05, 4.69) is 45.5 Å². The average molecular weight is 498 g/mol. The third kappa shape index (κ3) is 5.13. The van der Waals surface area contributed by atoms with Gasteiger partial charge in [-0.3, -0.25) is 14.6 Å². The van der Waals surface area contributed by atoms with Gasteiger partial charge in [0, 0.05) is 42.3 Å². The number of hydrogen-bond donors (Lipinski definition) is 1. The van der Waals surface area contributed by atoms with Gasteiger partial charge in [-0.1, -0.05) is 11.8 Å². The topological polar surface area (TPSA) is 91.0 Å². The molecule has 4 aromatic rings. The molecule has 1 aromatic carbocycles. The Balaban J connectivity index is 1.31. The summed E-state index contributed by atoms with van der Waals surface area (Å²) in [7, 11) is 0. The molecule has 1 unspecified atom stereocenters. The number of aromatic nitrogens is 4. The van der Waals surface area contributed by atoms with Crippen LogP contribution in [0, 0.1) is 24.7 Å². The van der Waals surface area contributed by atoms with Gasteiger partial charge in [-0.2, -0.15) is 0 Å². The van der Waals surface area contributed by atoms with E-state index in [4.69, 9.17) is 4.74 Å². The molecule has 190 valence electrons. The summed E-state index contributed by atoms with van der Waals surface area (Å²) in [6, 6.07) is 9.45. The van der Waals surface area contributed by atoms with Crippen molar-refractivity contribution in [1.29, 1.82) is 0 Å². The van der Waals surface area contributed by atoms with Crippen molar-refractivity contribution in [3.8, 4) is 11.8 Å². The molecule has 8 heteroatoms. The molecule has 1 amide bonds. The summed E-state index contributed by atoms with van der Waals surface area (Å²) >= 11 is 0. The summed E-state index contributed by atoms with van der Waals surface area (Å²) in [6.45, 7) is 8.39. The molecule has 0 saturated carbocycles. The highest BCUT2D eigenvalue weighted by Crippen LogP contribution is 2.28. The molecule has 0 bridgehead atoms. The molecule has 1 saturated heterocycles. The van der Waals surface area contributed by atoms with Crippen LogP contribution in [0.25, 0.3) is 21.9 Å². The zero-order valence-corrected chi connectivity index (χ0v) is 21.5. The Labute approximate surface area is 215 Å². The van der Waals surface area contributed by atoms with E-state index in [1.165, 1.54) is 0 Å². The van der Waals surface area contributed by atoms with Crippen molar-refractivity contribution in [3.05, 3.63) is 70.0 Å². The predicted octanol–water partition coefficient (Wildman–Crippen LogP) is 3.84. The smallest absolute Gasteiger partial charge is 0.263 e. The lowest BCUT2D eigenvalue weighted by atomic mass is 10.0. The molecular weight excluding hydrogens is 466 g/mol. The first-order chi connectivity index (χ1) is 17.9. The molecular formula is C29H31N5O3. The highest BCUT2D eigenvalue weighted by molar-refractivity contribution is 6.03.